The van der Waals surface area contributed by atoms with E-state index in [1.165, 1.54) is 0 Å². The van der Waals surface area contributed by atoms with Crippen molar-refractivity contribution >= 4 is 28.9 Å². The first-order valence-electron chi connectivity index (χ1n) is 8.16. The summed E-state index contributed by atoms with van der Waals surface area (Å²) in [6.45, 7) is 6.78. The van der Waals surface area contributed by atoms with E-state index in [2.05, 4.69) is 12.1 Å². The summed E-state index contributed by atoms with van der Waals surface area (Å²) in [6, 6.07) is 3.50. The maximum Gasteiger partial charge on any atom is 0.188 e. The predicted molar refractivity (Wildman–Crippen MR) is 101 cm³/mol. The second kappa shape index (κ2) is 12.0. The van der Waals surface area contributed by atoms with Crippen molar-refractivity contribution in [2.75, 3.05) is 19.8 Å². The molecule has 0 radical (unpaired) electrons. The van der Waals surface area contributed by atoms with Crippen LogP contribution >= 0.6 is 23.2 Å². The molecule has 1 aromatic carbocycles. The number of halogens is 3. The zero-order chi connectivity index (χ0) is 18.7. The molecule has 0 aliphatic rings. The summed E-state index contributed by atoms with van der Waals surface area (Å²) < 4.78 is 23.8. The molecule has 7 heteroatoms. The maximum atomic E-state index is 12.5. The third-order valence-corrected chi connectivity index (χ3v) is 3.41. The van der Waals surface area contributed by atoms with E-state index in [-0.39, 0.29) is 6.61 Å². The molecule has 4 nitrogen and oxygen atoms in total. The van der Waals surface area contributed by atoms with Gasteiger partial charge in [0.05, 0.1) is 17.3 Å². The molecule has 0 saturated heterocycles. The van der Waals surface area contributed by atoms with Crippen molar-refractivity contribution in [2.45, 2.75) is 40.0 Å². The number of hydrogen-bond donors (Lipinski definition) is 0. The van der Waals surface area contributed by atoms with Crippen molar-refractivity contribution in [1.29, 1.82) is 0 Å². The molecular weight excluding hydrogens is 368 g/mol. The lowest BCUT2D eigenvalue weighted by Gasteiger charge is -2.15. The van der Waals surface area contributed by atoms with E-state index >= 15 is 0 Å². The molecule has 0 aromatic heterocycles. The number of oxime groups is 1. The molecule has 0 aliphatic carbocycles. The molecule has 25 heavy (non-hydrogen) atoms. The lowest BCUT2D eigenvalue weighted by molar-refractivity contribution is 0.127. The van der Waals surface area contributed by atoms with Gasteiger partial charge in [0, 0.05) is 18.6 Å². The van der Waals surface area contributed by atoms with Crippen molar-refractivity contribution < 1.29 is 18.7 Å². The molecule has 0 unspecified atom stereocenters. The predicted octanol–water partition coefficient (Wildman–Crippen LogP) is 5.90. The molecule has 0 atom stereocenters. The fourth-order valence-electron chi connectivity index (χ4n) is 2.00. The van der Waals surface area contributed by atoms with E-state index in [1.807, 2.05) is 19.9 Å². The van der Waals surface area contributed by atoms with Crippen LogP contribution in [0.15, 0.2) is 28.7 Å². The zero-order valence-corrected chi connectivity index (χ0v) is 16.3. The minimum Gasteiger partial charge on any atom is -0.492 e. The molecule has 0 bridgehead atoms. The van der Waals surface area contributed by atoms with Gasteiger partial charge in [0.25, 0.3) is 0 Å². The number of ether oxygens (including phenoxy) is 2. The van der Waals surface area contributed by atoms with E-state index in [9.17, 15) is 4.39 Å². The normalized spacial score (nSPS) is 11.2. The first kappa shape index (κ1) is 21.6. The van der Waals surface area contributed by atoms with E-state index in [1.54, 1.807) is 6.07 Å². The Morgan fingerprint density at radius 2 is 2.00 bits per heavy atom. The lowest BCUT2D eigenvalue weighted by Crippen LogP contribution is -2.05. The van der Waals surface area contributed by atoms with Gasteiger partial charge in [-0.1, -0.05) is 41.7 Å². The van der Waals surface area contributed by atoms with Crippen LogP contribution in [0, 0.1) is 0 Å². The molecule has 0 heterocycles. The number of rotatable bonds is 11. The summed E-state index contributed by atoms with van der Waals surface area (Å²) in [5, 5.41) is 3.52. The SMILES string of the molecule is CCCc1cc(OC/C=C(\F)Cl)cc(Cl)c1OCCCON=C(C)C. The van der Waals surface area contributed by atoms with Crippen LogP contribution in [0.1, 0.15) is 39.2 Å². The molecule has 1 rings (SSSR count). The van der Waals surface area contributed by atoms with Crippen molar-refractivity contribution in [1.82, 2.24) is 0 Å². The van der Waals surface area contributed by atoms with Crippen molar-refractivity contribution in [3.05, 3.63) is 34.1 Å². The zero-order valence-electron chi connectivity index (χ0n) is 14.8. The van der Waals surface area contributed by atoms with Gasteiger partial charge < -0.3 is 14.3 Å². The molecule has 0 N–H and O–H groups in total. The van der Waals surface area contributed by atoms with Crippen LogP contribution in [0.4, 0.5) is 4.39 Å². The first-order chi connectivity index (χ1) is 11.9. The Labute approximate surface area is 158 Å². The average Bonchev–Trinajstić information content (AvgIpc) is 2.52. The summed E-state index contributed by atoms with van der Waals surface area (Å²) in [7, 11) is 0. The summed E-state index contributed by atoms with van der Waals surface area (Å²) in [5.74, 6) is 1.19. The average molecular weight is 392 g/mol. The molecule has 0 fully saturated rings. The van der Waals surface area contributed by atoms with E-state index in [0.29, 0.717) is 36.2 Å². The third-order valence-electron chi connectivity index (χ3n) is 2.97. The molecule has 1 aromatic rings. The second-order valence-electron chi connectivity index (χ2n) is 5.52. The van der Waals surface area contributed by atoms with Crippen LogP contribution in [0.3, 0.4) is 0 Å². The van der Waals surface area contributed by atoms with Gasteiger partial charge in [-0.2, -0.15) is 4.39 Å². The molecule has 0 spiro atoms. The van der Waals surface area contributed by atoms with Gasteiger partial charge in [-0.25, -0.2) is 0 Å². The number of hydrogen-bond acceptors (Lipinski definition) is 4. The third kappa shape index (κ3) is 8.98. The highest BCUT2D eigenvalue weighted by Gasteiger charge is 2.12. The fraction of sp³-hybridized carbons (Fsp3) is 0.500. The first-order valence-corrected chi connectivity index (χ1v) is 8.92. The van der Waals surface area contributed by atoms with Crippen LogP contribution in [-0.2, 0) is 11.3 Å². The van der Waals surface area contributed by atoms with Gasteiger partial charge in [-0.05, 0) is 31.9 Å². The Morgan fingerprint density at radius 3 is 2.64 bits per heavy atom. The topological polar surface area (TPSA) is 40.0 Å². The van der Waals surface area contributed by atoms with Gasteiger partial charge in [-0.3, -0.25) is 0 Å². The standard InChI is InChI=1S/C18H24Cl2FNO3/c1-4-6-14-11-15(23-10-7-17(20)21)12-16(19)18(14)24-8-5-9-25-22-13(2)3/h7,11-12H,4-6,8-10H2,1-3H3/b17-7-. The van der Waals surface area contributed by atoms with E-state index in [0.717, 1.165) is 30.2 Å². The van der Waals surface area contributed by atoms with E-state index in [4.69, 9.17) is 37.5 Å². The van der Waals surface area contributed by atoms with E-state index < -0.39 is 5.29 Å². The summed E-state index contributed by atoms with van der Waals surface area (Å²) in [6.07, 6.45) is 3.55. The number of aryl methyl sites for hydroxylation is 1. The molecule has 0 saturated carbocycles. The summed E-state index contributed by atoms with van der Waals surface area (Å²) in [4.78, 5) is 5.13. The van der Waals surface area contributed by atoms with Crippen molar-refractivity contribution in [3.63, 3.8) is 0 Å². The Morgan fingerprint density at radius 1 is 1.24 bits per heavy atom. The summed E-state index contributed by atoms with van der Waals surface area (Å²) >= 11 is 11.5. The second-order valence-corrected chi connectivity index (χ2v) is 6.29. The lowest BCUT2D eigenvalue weighted by atomic mass is 10.1. The minimum absolute atomic E-state index is 0.0339. The molecule has 0 aliphatic heterocycles. The van der Waals surface area contributed by atoms with Crippen molar-refractivity contribution in [2.24, 2.45) is 5.16 Å². The van der Waals surface area contributed by atoms with Gasteiger partial charge >= 0.3 is 0 Å². The highest BCUT2D eigenvalue weighted by molar-refractivity contribution is 6.32. The Balaban J connectivity index is 2.67. The van der Waals surface area contributed by atoms with Gasteiger partial charge in [0.2, 0.25) is 0 Å². The number of nitrogens with zero attached hydrogens (tertiary/aromatic N) is 1. The number of benzene rings is 1. The quantitative estimate of drug-likeness (QED) is 0.267. The van der Waals surface area contributed by atoms with Crippen LogP contribution in [-0.4, -0.2) is 25.5 Å². The highest BCUT2D eigenvalue weighted by atomic mass is 35.5. The smallest absolute Gasteiger partial charge is 0.188 e. The maximum absolute atomic E-state index is 12.5. The monoisotopic (exact) mass is 391 g/mol. The van der Waals surface area contributed by atoms with Crippen LogP contribution in [0.2, 0.25) is 5.02 Å². The summed E-state index contributed by atoms with van der Waals surface area (Å²) in [5.41, 5.74) is 1.82. The van der Waals surface area contributed by atoms with Crippen LogP contribution < -0.4 is 9.47 Å². The molecular formula is C18H24Cl2FNO3. The van der Waals surface area contributed by atoms with Gasteiger partial charge in [0.15, 0.2) is 5.29 Å². The Hall–Kier alpha value is -1.46. The highest BCUT2D eigenvalue weighted by Crippen LogP contribution is 2.34. The van der Waals surface area contributed by atoms with Gasteiger partial charge in [-0.15, -0.1) is 0 Å². The van der Waals surface area contributed by atoms with Gasteiger partial charge in [0.1, 0.15) is 24.7 Å². The van der Waals surface area contributed by atoms with Crippen molar-refractivity contribution in [3.8, 4) is 11.5 Å². The Kier molecular flexibility index (Phi) is 10.3. The molecule has 140 valence electrons. The fourth-order valence-corrected chi connectivity index (χ4v) is 2.34. The minimum atomic E-state index is -0.801. The molecule has 0 amide bonds. The van der Waals surface area contributed by atoms with Crippen LogP contribution in [0.5, 0.6) is 11.5 Å². The largest absolute Gasteiger partial charge is 0.492 e. The Bertz CT molecular complexity index is 598. The van der Waals surface area contributed by atoms with Crippen LogP contribution in [0.25, 0.3) is 0 Å².